The summed E-state index contributed by atoms with van der Waals surface area (Å²) in [6.45, 7) is 3.01. The molecule has 0 radical (unpaired) electrons. The Kier molecular flexibility index (Phi) is 4.80. The molecule has 0 aliphatic carbocycles. The van der Waals surface area contributed by atoms with Crippen molar-refractivity contribution >= 4 is 11.6 Å². The van der Waals surface area contributed by atoms with Crippen molar-refractivity contribution < 1.29 is 14.0 Å². The van der Waals surface area contributed by atoms with Gasteiger partial charge in [-0.15, -0.1) is 5.92 Å². The molecule has 1 aromatic carbocycles. The van der Waals surface area contributed by atoms with Gasteiger partial charge in [0.1, 0.15) is 11.5 Å². The smallest absolute Gasteiger partial charge is 0.185 e. The molecule has 0 saturated heterocycles. The number of ketones is 2. The Morgan fingerprint density at radius 3 is 2.59 bits per heavy atom. The molecule has 1 heterocycles. The molecule has 0 amide bonds. The summed E-state index contributed by atoms with van der Waals surface area (Å²) in [7, 11) is 0. The van der Waals surface area contributed by atoms with Crippen LogP contribution in [0.1, 0.15) is 45.8 Å². The normalized spacial score (nSPS) is 9.77. The highest BCUT2D eigenvalue weighted by molar-refractivity contribution is 5.97. The average Bonchev–Trinajstić information content (AvgIpc) is 2.50. The number of rotatable bonds is 4. The van der Waals surface area contributed by atoms with Gasteiger partial charge in [-0.3, -0.25) is 14.6 Å². The van der Waals surface area contributed by atoms with Crippen molar-refractivity contribution in [3.63, 3.8) is 0 Å². The molecular weight excluding hydrogens is 281 g/mol. The van der Waals surface area contributed by atoms with Crippen molar-refractivity contribution in [1.29, 1.82) is 0 Å². The summed E-state index contributed by atoms with van der Waals surface area (Å²) in [5.41, 5.74) is 1.62. The Morgan fingerprint density at radius 2 is 2.00 bits per heavy atom. The zero-order chi connectivity index (χ0) is 16.1. The van der Waals surface area contributed by atoms with Gasteiger partial charge in [0.2, 0.25) is 0 Å². The zero-order valence-corrected chi connectivity index (χ0v) is 12.3. The number of carbonyl (C=O) groups is 2. The number of hydrogen-bond acceptors (Lipinski definition) is 3. The largest absolute Gasteiger partial charge is 0.294 e. The second kappa shape index (κ2) is 6.77. The van der Waals surface area contributed by atoms with Gasteiger partial charge in [-0.2, -0.15) is 0 Å². The summed E-state index contributed by atoms with van der Waals surface area (Å²) >= 11 is 0. The van der Waals surface area contributed by atoms with Crippen LogP contribution in [0.15, 0.2) is 36.5 Å². The van der Waals surface area contributed by atoms with Crippen LogP contribution in [-0.2, 0) is 6.42 Å². The minimum atomic E-state index is -0.579. The molecule has 0 atom stereocenters. The van der Waals surface area contributed by atoms with Gasteiger partial charge in [-0.25, -0.2) is 4.39 Å². The lowest BCUT2D eigenvalue weighted by atomic mass is 10.0. The highest BCUT2D eigenvalue weighted by atomic mass is 19.1. The maximum absolute atomic E-state index is 13.5. The van der Waals surface area contributed by atoms with E-state index >= 15 is 0 Å². The summed E-state index contributed by atoms with van der Waals surface area (Å²) in [5, 5.41) is 0. The lowest BCUT2D eigenvalue weighted by molar-refractivity contribution is 0.0982. The van der Waals surface area contributed by atoms with Crippen LogP contribution in [0.25, 0.3) is 0 Å². The van der Waals surface area contributed by atoms with Gasteiger partial charge < -0.3 is 0 Å². The second-order valence-corrected chi connectivity index (χ2v) is 4.78. The fourth-order valence-corrected chi connectivity index (χ4v) is 2.01. The standard InChI is InChI=1S/C18H14FNO2/c1-3-4-13-6-8-17(20-11-13)18(22)10-14-5-7-16(19)15(9-14)12(2)21/h5-9,11H,10H2,1-2H3. The number of pyridine rings is 1. The number of halogens is 1. The zero-order valence-electron chi connectivity index (χ0n) is 12.3. The summed E-state index contributed by atoms with van der Waals surface area (Å²) in [4.78, 5) is 27.6. The third-order valence-corrected chi connectivity index (χ3v) is 3.09. The highest BCUT2D eigenvalue weighted by Gasteiger charge is 2.12. The first-order valence-corrected chi connectivity index (χ1v) is 6.72. The molecule has 3 nitrogen and oxygen atoms in total. The summed E-state index contributed by atoms with van der Waals surface area (Å²) in [5.74, 6) is 4.45. The van der Waals surface area contributed by atoms with Crippen LogP contribution >= 0.6 is 0 Å². The number of nitrogens with zero attached hydrogens (tertiary/aromatic N) is 1. The molecule has 0 aliphatic rings. The first-order chi connectivity index (χ1) is 10.5. The van der Waals surface area contributed by atoms with E-state index in [4.69, 9.17) is 0 Å². The van der Waals surface area contributed by atoms with Crippen molar-refractivity contribution in [1.82, 2.24) is 4.98 Å². The molecule has 0 bridgehead atoms. The number of Topliss-reactive ketones (excluding diaryl/α,β-unsaturated/α-hetero) is 2. The molecule has 0 spiro atoms. The van der Waals surface area contributed by atoms with E-state index in [-0.39, 0.29) is 23.6 Å². The van der Waals surface area contributed by atoms with E-state index in [1.165, 1.54) is 31.3 Å². The molecule has 0 N–H and O–H groups in total. The van der Waals surface area contributed by atoms with Crippen LogP contribution in [0.4, 0.5) is 4.39 Å². The maximum atomic E-state index is 13.5. The second-order valence-electron chi connectivity index (χ2n) is 4.78. The van der Waals surface area contributed by atoms with Gasteiger partial charge in [-0.1, -0.05) is 12.0 Å². The van der Waals surface area contributed by atoms with Gasteiger partial charge in [0.25, 0.3) is 0 Å². The molecule has 4 heteroatoms. The Balaban J connectivity index is 2.19. The summed E-state index contributed by atoms with van der Waals surface area (Å²) in [6, 6.07) is 7.44. The van der Waals surface area contributed by atoms with E-state index in [1.54, 1.807) is 19.1 Å². The lowest BCUT2D eigenvalue weighted by Crippen LogP contribution is -2.07. The van der Waals surface area contributed by atoms with Crippen LogP contribution in [0.5, 0.6) is 0 Å². The topological polar surface area (TPSA) is 47.0 Å². The minimum Gasteiger partial charge on any atom is -0.294 e. The van der Waals surface area contributed by atoms with E-state index in [2.05, 4.69) is 16.8 Å². The van der Waals surface area contributed by atoms with Gasteiger partial charge in [-0.05, 0) is 43.7 Å². The quantitative estimate of drug-likeness (QED) is 0.642. The first kappa shape index (κ1) is 15.6. The van der Waals surface area contributed by atoms with Crippen molar-refractivity contribution in [3.8, 4) is 11.8 Å². The van der Waals surface area contributed by atoms with Crippen LogP contribution < -0.4 is 0 Å². The van der Waals surface area contributed by atoms with Crippen molar-refractivity contribution in [2.24, 2.45) is 0 Å². The van der Waals surface area contributed by atoms with Gasteiger partial charge in [0.05, 0.1) is 5.56 Å². The maximum Gasteiger partial charge on any atom is 0.185 e. The van der Waals surface area contributed by atoms with Crippen LogP contribution in [-0.4, -0.2) is 16.6 Å². The molecule has 2 rings (SSSR count). The number of benzene rings is 1. The minimum absolute atomic E-state index is 0.00757. The SMILES string of the molecule is CC#Cc1ccc(C(=O)Cc2ccc(F)c(C(C)=O)c2)nc1. The van der Waals surface area contributed by atoms with Crippen molar-refractivity contribution in [2.75, 3.05) is 0 Å². The molecule has 110 valence electrons. The Labute approximate surface area is 128 Å². The fourth-order valence-electron chi connectivity index (χ4n) is 2.01. The van der Waals surface area contributed by atoms with E-state index in [0.717, 1.165) is 5.56 Å². The van der Waals surface area contributed by atoms with E-state index < -0.39 is 5.82 Å². The van der Waals surface area contributed by atoms with E-state index in [0.29, 0.717) is 11.3 Å². The van der Waals surface area contributed by atoms with Crippen LogP contribution in [0, 0.1) is 17.7 Å². The number of carbonyl (C=O) groups excluding carboxylic acids is 2. The molecule has 22 heavy (non-hydrogen) atoms. The van der Waals surface area contributed by atoms with Crippen molar-refractivity contribution in [3.05, 3.63) is 64.7 Å². The predicted octanol–water partition coefficient (Wildman–Crippen LogP) is 3.22. The van der Waals surface area contributed by atoms with Gasteiger partial charge in [0, 0.05) is 18.2 Å². The summed E-state index contributed by atoms with van der Waals surface area (Å²) < 4.78 is 13.5. The van der Waals surface area contributed by atoms with Crippen LogP contribution in [0.2, 0.25) is 0 Å². The molecule has 0 fully saturated rings. The predicted molar refractivity (Wildman–Crippen MR) is 81.2 cm³/mol. The Bertz CT molecular complexity index is 783. The van der Waals surface area contributed by atoms with Gasteiger partial charge >= 0.3 is 0 Å². The fraction of sp³-hybridized carbons (Fsp3) is 0.167. The molecule has 0 unspecified atom stereocenters. The third-order valence-electron chi connectivity index (χ3n) is 3.09. The Hall–Kier alpha value is -2.80. The van der Waals surface area contributed by atoms with Crippen LogP contribution in [0.3, 0.4) is 0 Å². The molecule has 0 aliphatic heterocycles. The Morgan fingerprint density at radius 1 is 1.23 bits per heavy atom. The molecule has 0 saturated carbocycles. The van der Waals surface area contributed by atoms with Gasteiger partial charge in [0.15, 0.2) is 11.6 Å². The monoisotopic (exact) mass is 295 g/mol. The molecule has 2 aromatic rings. The molecular formula is C18H14FNO2. The lowest BCUT2D eigenvalue weighted by Gasteiger charge is -2.04. The highest BCUT2D eigenvalue weighted by Crippen LogP contribution is 2.13. The van der Waals surface area contributed by atoms with E-state index in [1.807, 2.05) is 0 Å². The third kappa shape index (κ3) is 3.64. The van der Waals surface area contributed by atoms with E-state index in [9.17, 15) is 14.0 Å². The van der Waals surface area contributed by atoms with Crippen molar-refractivity contribution in [2.45, 2.75) is 20.3 Å². The number of hydrogen-bond donors (Lipinski definition) is 0. The average molecular weight is 295 g/mol. The number of aromatic nitrogens is 1. The first-order valence-electron chi connectivity index (χ1n) is 6.72. The molecule has 1 aromatic heterocycles. The summed E-state index contributed by atoms with van der Waals surface area (Å²) in [6.07, 6.45) is 1.60.